The topological polar surface area (TPSA) is 115 Å². The van der Waals surface area contributed by atoms with Gasteiger partial charge in [0.25, 0.3) is 0 Å². The summed E-state index contributed by atoms with van der Waals surface area (Å²) >= 11 is 0. The van der Waals surface area contributed by atoms with Gasteiger partial charge in [-0.1, -0.05) is 0 Å². The summed E-state index contributed by atoms with van der Waals surface area (Å²) in [5.74, 6) is 0. The quantitative estimate of drug-likeness (QED) is 0.403. The van der Waals surface area contributed by atoms with E-state index in [0.717, 1.165) is 0 Å². The molecule has 0 unspecified atom stereocenters. The van der Waals surface area contributed by atoms with Crippen molar-refractivity contribution in [1.29, 1.82) is 0 Å². The standard InChI is InChI=1S/H2O3Si.2O.Ti/c1-4(2)3;;;/h1-2H;;;/q;2*-2;+4. The largest absolute Gasteiger partial charge is 4.00 e. The Labute approximate surface area is 56.4 Å². The zero-order valence-electron chi connectivity index (χ0n) is 3.12. The van der Waals surface area contributed by atoms with Crippen molar-refractivity contribution in [3.05, 3.63) is 0 Å². The third-order valence-corrected chi connectivity index (χ3v) is 0. The van der Waals surface area contributed by atoms with E-state index in [9.17, 15) is 0 Å². The van der Waals surface area contributed by atoms with Crippen LogP contribution in [-0.4, -0.2) is 18.8 Å². The molecule has 7 heavy (non-hydrogen) atoms. The van der Waals surface area contributed by atoms with Crippen LogP contribution in [0.25, 0.3) is 0 Å². The molecule has 0 amide bonds. The molecule has 0 aromatic heterocycles. The van der Waals surface area contributed by atoms with Crippen LogP contribution >= 0.6 is 0 Å². The Balaban J connectivity index is -0.0000000150. The van der Waals surface area contributed by atoms with Gasteiger partial charge >= 0.3 is 30.9 Å². The van der Waals surface area contributed by atoms with Crippen molar-refractivity contribution in [3.63, 3.8) is 0 Å². The van der Waals surface area contributed by atoms with Gasteiger partial charge in [0, 0.05) is 0 Å². The molecule has 0 atom stereocenters. The number of hydrogen-bond donors (Lipinski definition) is 2. The van der Waals surface area contributed by atoms with Gasteiger partial charge in [0.1, 0.15) is 0 Å². The van der Waals surface area contributed by atoms with Gasteiger partial charge in [-0.05, 0) is 0 Å². The van der Waals surface area contributed by atoms with Crippen molar-refractivity contribution in [1.82, 2.24) is 0 Å². The van der Waals surface area contributed by atoms with E-state index >= 15 is 0 Å². The molecule has 0 aliphatic heterocycles. The van der Waals surface area contributed by atoms with E-state index in [1.807, 2.05) is 0 Å². The van der Waals surface area contributed by atoms with Gasteiger partial charge in [0.15, 0.2) is 0 Å². The Morgan fingerprint density at radius 2 is 1.14 bits per heavy atom. The molecule has 7 heteroatoms. The van der Waals surface area contributed by atoms with Crippen molar-refractivity contribution in [2.75, 3.05) is 0 Å². The Hall–Kier alpha value is 0.251. The van der Waals surface area contributed by atoms with Gasteiger partial charge in [-0.15, -0.1) is 0 Å². The second-order valence-corrected chi connectivity index (χ2v) is 0.848. The maximum Gasteiger partial charge on any atom is 4.00 e. The Kier molecular flexibility index (Phi) is 62.5. The molecular weight excluding hydrogens is 156 g/mol. The zero-order chi connectivity index (χ0) is 3.58. The number of hydrogen-bond acceptors (Lipinski definition) is 1. The van der Waals surface area contributed by atoms with Crippen molar-refractivity contribution >= 4 is 9.17 Å². The molecule has 0 saturated heterocycles. The molecule has 0 aliphatic carbocycles. The van der Waals surface area contributed by atoms with Crippen LogP contribution in [0.4, 0.5) is 0 Å². The summed E-state index contributed by atoms with van der Waals surface area (Å²) in [6, 6.07) is 0. The predicted molar refractivity (Wildman–Crippen MR) is 12.3 cm³/mol. The number of rotatable bonds is 0. The molecular formula is H2O5SiTi. The maximum atomic E-state index is 8.74. The van der Waals surface area contributed by atoms with Crippen molar-refractivity contribution in [3.8, 4) is 0 Å². The van der Waals surface area contributed by atoms with Crippen molar-refractivity contribution in [2.45, 2.75) is 0 Å². The average molecular weight is 158 g/mol. The summed E-state index contributed by atoms with van der Waals surface area (Å²) in [7, 11) is -3.13. The molecule has 2 N–H and O–H groups in total. The minimum Gasteiger partial charge on any atom is -2.00 e. The fourth-order valence-electron chi connectivity index (χ4n) is 0. The van der Waals surface area contributed by atoms with Gasteiger partial charge in [-0.3, -0.25) is 4.46 Å². The van der Waals surface area contributed by atoms with Crippen molar-refractivity contribution < 1.29 is 46.7 Å². The molecule has 0 fully saturated rings. The van der Waals surface area contributed by atoms with E-state index < -0.39 is 9.17 Å². The molecule has 0 heterocycles. The van der Waals surface area contributed by atoms with E-state index in [0.29, 0.717) is 0 Å². The minimum atomic E-state index is -3.13. The van der Waals surface area contributed by atoms with E-state index in [1.165, 1.54) is 0 Å². The van der Waals surface area contributed by atoms with Crippen LogP contribution < -0.4 is 0 Å². The first kappa shape index (κ1) is 26.8. The van der Waals surface area contributed by atoms with Gasteiger partial charge in [-0.25, -0.2) is 0 Å². The second-order valence-electron chi connectivity index (χ2n) is 0.283. The monoisotopic (exact) mass is 158 g/mol. The summed E-state index contributed by atoms with van der Waals surface area (Å²) in [5.41, 5.74) is 0. The predicted octanol–water partition coefficient (Wildman–Crippen LogP) is -1.85. The summed E-state index contributed by atoms with van der Waals surface area (Å²) in [5, 5.41) is 0. The van der Waals surface area contributed by atoms with Crippen LogP contribution in [0.5, 0.6) is 0 Å². The molecule has 5 nitrogen and oxygen atoms in total. The van der Waals surface area contributed by atoms with Crippen LogP contribution in [-0.2, 0) is 37.1 Å². The molecule has 0 bridgehead atoms. The smallest absolute Gasteiger partial charge is 2.00 e. The molecule has 0 aromatic carbocycles. The summed E-state index contributed by atoms with van der Waals surface area (Å²) in [4.78, 5) is 14.3. The molecule has 0 aromatic rings. The minimum absolute atomic E-state index is 0. The average Bonchev–Trinajstić information content (AvgIpc) is 0.811. The van der Waals surface area contributed by atoms with E-state index in [-0.39, 0.29) is 32.7 Å². The van der Waals surface area contributed by atoms with Crippen LogP contribution in [0, 0.1) is 0 Å². The molecule has 0 radical (unpaired) electrons. The molecule has 40 valence electrons. The van der Waals surface area contributed by atoms with Crippen LogP contribution in [0.3, 0.4) is 0 Å². The molecule has 0 rings (SSSR count). The van der Waals surface area contributed by atoms with Gasteiger partial charge in [0.05, 0.1) is 0 Å². The molecule has 0 aliphatic rings. The van der Waals surface area contributed by atoms with E-state index in [2.05, 4.69) is 0 Å². The third-order valence-electron chi connectivity index (χ3n) is 0. The van der Waals surface area contributed by atoms with E-state index in [1.54, 1.807) is 0 Å². The van der Waals surface area contributed by atoms with Crippen molar-refractivity contribution in [2.24, 2.45) is 0 Å². The first-order chi connectivity index (χ1) is 1.73. The van der Waals surface area contributed by atoms with Crippen LogP contribution in [0.1, 0.15) is 0 Å². The SMILES string of the molecule is O=[Si](O)O.[O-2].[O-2].[Ti+4]. The second kappa shape index (κ2) is 16.3. The summed E-state index contributed by atoms with van der Waals surface area (Å²) < 4.78 is 8.74. The summed E-state index contributed by atoms with van der Waals surface area (Å²) in [6.45, 7) is 0. The van der Waals surface area contributed by atoms with Gasteiger partial charge < -0.3 is 20.5 Å². The normalized spacial score (nSPS) is 3.43. The van der Waals surface area contributed by atoms with Crippen LogP contribution in [0.2, 0.25) is 0 Å². The Morgan fingerprint density at radius 1 is 1.14 bits per heavy atom. The molecule has 0 saturated carbocycles. The van der Waals surface area contributed by atoms with Crippen LogP contribution in [0.15, 0.2) is 0 Å². The fraction of sp³-hybridized carbons (Fsp3) is 0. The molecule has 0 spiro atoms. The zero-order valence-corrected chi connectivity index (χ0v) is 5.68. The first-order valence-electron chi connectivity index (χ1n) is 0.651. The maximum absolute atomic E-state index is 8.74. The van der Waals surface area contributed by atoms with E-state index in [4.69, 9.17) is 14.1 Å². The van der Waals surface area contributed by atoms with Gasteiger partial charge in [-0.2, -0.15) is 0 Å². The first-order valence-corrected chi connectivity index (χ1v) is 1.95. The van der Waals surface area contributed by atoms with Gasteiger partial charge in [0.2, 0.25) is 0 Å². The summed E-state index contributed by atoms with van der Waals surface area (Å²) in [6.07, 6.45) is 0. The Bertz CT molecular complexity index is 31.1. The Morgan fingerprint density at radius 3 is 1.14 bits per heavy atom. The fourth-order valence-corrected chi connectivity index (χ4v) is 0. The third kappa shape index (κ3) is 1790.